The van der Waals surface area contributed by atoms with Crippen LogP contribution in [0, 0.1) is 22.7 Å². The van der Waals surface area contributed by atoms with Crippen molar-refractivity contribution in [3.63, 3.8) is 0 Å². The van der Waals surface area contributed by atoms with Gasteiger partial charge in [-0.15, -0.1) is 5.03 Å². The van der Waals surface area contributed by atoms with E-state index >= 15 is 0 Å². The Kier molecular flexibility index (Phi) is 2.20. The minimum atomic E-state index is -0.545. The first-order chi connectivity index (χ1) is 6.68. The maximum atomic E-state index is 11.6. The third-order valence-electron chi connectivity index (χ3n) is 3.17. The van der Waals surface area contributed by atoms with Gasteiger partial charge in [-0.1, -0.05) is 18.9 Å². The molecule has 4 heteroatoms. The van der Waals surface area contributed by atoms with Crippen molar-refractivity contribution in [1.82, 2.24) is 5.32 Å². The summed E-state index contributed by atoms with van der Waals surface area (Å²) in [4.78, 5) is 11.6. The zero-order chi connectivity index (χ0) is 10.2. The molecule has 1 fully saturated rings. The van der Waals surface area contributed by atoms with E-state index in [1.165, 1.54) is 0 Å². The third-order valence-corrected chi connectivity index (χ3v) is 3.39. The number of amides is 1. The zero-order valence-corrected chi connectivity index (χ0v) is 8.56. The lowest BCUT2D eigenvalue weighted by Gasteiger charge is -2.37. The van der Waals surface area contributed by atoms with Crippen molar-refractivity contribution in [1.29, 1.82) is 5.26 Å². The van der Waals surface area contributed by atoms with Gasteiger partial charge in [0.2, 0.25) is 5.91 Å². The van der Waals surface area contributed by atoms with E-state index in [0.29, 0.717) is 5.03 Å². The highest BCUT2D eigenvalue weighted by Gasteiger charge is 2.45. The third kappa shape index (κ3) is 1.28. The van der Waals surface area contributed by atoms with Crippen LogP contribution in [0.15, 0.2) is 11.1 Å². The van der Waals surface area contributed by atoms with E-state index in [2.05, 4.69) is 11.4 Å². The lowest BCUT2D eigenvalue weighted by atomic mass is 9.72. The second-order valence-corrected chi connectivity index (χ2v) is 4.44. The number of rotatable bonds is 0. The fraction of sp³-hybridized carbons (Fsp3) is 0.600. The molecule has 0 saturated heterocycles. The number of nitriles is 1. The van der Waals surface area contributed by atoms with Crippen LogP contribution in [-0.2, 0) is 17.4 Å². The van der Waals surface area contributed by atoms with Gasteiger partial charge in [-0.2, -0.15) is 5.26 Å². The molecule has 0 aromatic carbocycles. The first-order valence-corrected chi connectivity index (χ1v) is 5.19. The van der Waals surface area contributed by atoms with E-state index in [-0.39, 0.29) is 11.3 Å². The molecule has 1 saturated carbocycles. The molecule has 1 unspecified atom stereocenters. The molecule has 74 valence electrons. The second kappa shape index (κ2) is 3.25. The van der Waals surface area contributed by atoms with Gasteiger partial charge in [0.05, 0.1) is 6.07 Å². The summed E-state index contributed by atoms with van der Waals surface area (Å²) in [5.41, 5.74) is -0.256. The smallest absolute Gasteiger partial charge is 0.240 e. The van der Waals surface area contributed by atoms with E-state index in [1.807, 2.05) is 6.08 Å². The van der Waals surface area contributed by atoms with E-state index in [0.717, 1.165) is 25.7 Å². The summed E-state index contributed by atoms with van der Waals surface area (Å²) >= 11 is 5.00. The molecule has 0 aromatic rings. The van der Waals surface area contributed by atoms with Gasteiger partial charge in [0.15, 0.2) is 0 Å². The van der Waals surface area contributed by atoms with Crippen molar-refractivity contribution < 1.29 is 4.79 Å². The standard InChI is InChI=1S/C10H12N2OS/c11-6-7-9(13)12-8(14)5-10(7)3-1-2-4-10/h5,7,14H,1-4H2,(H,12,13)/p-1. The summed E-state index contributed by atoms with van der Waals surface area (Å²) in [6.07, 6.45) is 5.91. The predicted octanol–water partition coefficient (Wildman–Crippen LogP) is 1.20. The summed E-state index contributed by atoms with van der Waals surface area (Å²) in [5, 5.41) is 12.0. The number of allylic oxidation sites excluding steroid dienone is 1. The number of carbonyl (C=O) groups excluding carboxylic acids is 1. The highest BCUT2D eigenvalue weighted by molar-refractivity contribution is 7.63. The summed E-state index contributed by atoms with van der Waals surface area (Å²) in [5.74, 6) is -0.765. The number of nitrogens with one attached hydrogen (secondary N) is 1. The van der Waals surface area contributed by atoms with Gasteiger partial charge >= 0.3 is 0 Å². The molecule has 0 bridgehead atoms. The maximum absolute atomic E-state index is 11.6. The van der Waals surface area contributed by atoms with Gasteiger partial charge in [0, 0.05) is 5.41 Å². The Morgan fingerprint density at radius 3 is 2.79 bits per heavy atom. The van der Waals surface area contributed by atoms with Crippen molar-refractivity contribution in [3.8, 4) is 6.07 Å². The van der Waals surface area contributed by atoms with Crippen LogP contribution >= 0.6 is 0 Å². The van der Waals surface area contributed by atoms with E-state index < -0.39 is 5.92 Å². The normalized spacial score (nSPS) is 29.5. The van der Waals surface area contributed by atoms with Crippen molar-refractivity contribution in [3.05, 3.63) is 11.1 Å². The van der Waals surface area contributed by atoms with Crippen LogP contribution in [0.25, 0.3) is 0 Å². The predicted molar refractivity (Wildman–Crippen MR) is 53.6 cm³/mol. The molecule has 1 heterocycles. The summed E-state index contributed by atoms with van der Waals surface area (Å²) < 4.78 is 0. The maximum Gasteiger partial charge on any atom is 0.240 e. The van der Waals surface area contributed by atoms with Crippen LogP contribution in [0.5, 0.6) is 0 Å². The lowest BCUT2D eigenvalue weighted by molar-refractivity contribution is -0.125. The zero-order valence-electron chi connectivity index (χ0n) is 7.75. The van der Waals surface area contributed by atoms with Crippen LogP contribution in [0.3, 0.4) is 0 Å². The molecule has 0 radical (unpaired) electrons. The van der Waals surface area contributed by atoms with Crippen molar-refractivity contribution in [2.45, 2.75) is 25.7 Å². The van der Waals surface area contributed by atoms with Crippen LogP contribution < -0.4 is 5.32 Å². The average molecular weight is 207 g/mol. The Morgan fingerprint density at radius 2 is 2.21 bits per heavy atom. The largest absolute Gasteiger partial charge is 0.763 e. The minimum absolute atomic E-state index is 0.220. The van der Waals surface area contributed by atoms with Gasteiger partial charge in [-0.3, -0.25) is 4.79 Å². The summed E-state index contributed by atoms with van der Waals surface area (Å²) in [6, 6.07) is 2.10. The quantitative estimate of drug-likeness (QED) is 0.607. The number of hydrogen-bond donors (Lipinski definition) is 1. The Hall–Kier alpha value is -1.08. The van der Waals surface area contributed by atoms with Crippen molar-refractivity contribution in [2.24, 2.45) is 11.3 Å². The summed E-state index contributed by atoms with van der Waals surface area (Å²) in [7, 11) is 0. The lowest BCUT2D eigenvalue weighted by Crippen LogP contribution is -2.43. The number of hydrogen-bond acceptors (Lipinski definition) is 3. The van der Waals surface area contributed by atoms with Crippen molar-refractivity contribution in [2.75, 3.05) is 0 Å². The van der Waals surface area contributed by atoms with Crippen LogP contribution in [0.4, 0.5) is 0 Å². The molecular formula is C10H11N2OS-. The van der Waals surface area contributed by atoms with Crippen LogP contribution in [0.1, 0.15) is 25.7 Å². The first kappa shape index (κ1) is 9.47. The van der Waals surface area contributed by atoms with Gasteiger partial charge in [0.1, 0.15) is 5.92 Å². The summed E-state index contributed by atoms with van der Waals surface area (Å²) in [6.45, 7) is 0. The minimum Gasteiger partial charge on any atom is -0.763 e. The molecule has 2 aliphatic rings. The molecule has 1 N–H and O–H groups in total. The Labute approximate surface area is 88.6 Å². The first-order valence-electron chi connectivity index (χ1n) is 4.78. The molecular weight excluding hydrogens is 196 g/mol. The van der Waals surface area contributed by atoms with Crippen LogP contribution in [-0.4, -0.2) is 5.91 Å². The highest BCUT2D eigenvalue weighted by Crippen LogP contribution is 2.47. The fourth-order valence-corrected chi connectivity index (χ4v) is 2.82. The molecule has 2 rings (SSSR count). The fourth-order valence-electron chi connectivity index (χ4n) is 2.49. The SMILES string of the molecule is N#CC1C(=O)NC([S-])=CC12CCCC2. The van der Waals surface area contributed by atoms with E-state index in [9.17, 15) is 4.79 Å². The Morgan fingerprint density at radius 1 is 1.57 bits per heavy atom. The van der Waals surface area contributed by atoms with E-state index in [4.69, 9.17) is 17.9 Å². The molecule has 1 atom stereocenters. The van der Waals surface area contributed by atoms with Gasteiger partial charge in [-0.05, 0) is 12.8 Å². The number of carbonyl (C=O) groups is 1. The average Bonchev–Trinajstić information content (AvgIpc) is 2.53. The van der Waals surface area contributed by atoms with Gasteiger partial charge in [0.25, 0.3) is 0 Å². The Balaban J connectivity index is 2.40. The van der Waals surface area contributed by atoms with Crippen LogP contribution in [0.2, 0.25) is 0 Å². The molecule has 0 aromatic heterocycles. The molecule has 1 aliphatic heterocycles. The molecule has 1 aliphatic carbocycles. The van der Waals surface area contributed by atoms with Gasteiger partial charge < -0.3 is 17.9 Å². The second-order valence-electron chi connectivity index (χ2n) is 4.00. The van der Waals surface area contributed by atoms with E-state index in [1.54, 1.807) is 0 Å². The molecule has 1 amide bonds. The number of nitrogens with zero attached hydrogens (tertiary/aromatic N) is 1. The monoisotopic (exact) mass is 207 g/mol. The Bertz CT molecular complexity index is 337. The van der Waals surface area contributed by atoms with Gasteiger partial charge in [-0.25, -0.2) is 0 Å². The highest BCUT2D eigenvalue weighted by atomic mass is 32.1. The molecule has 14 heavy (non-hydrogen) atoms. The topological polar surface area (TPSA) is 52.9 Å². The van der Waals surface area contributed by atoms with Crippen molar-refractivity contribution >= 4 is 18.5 Å². The molecule has 1 spiro atoms. The molecule has 3 nitrogen and oxygen atoms in total.